The quantitative estimate of drug-likeness (QED) is 0.797. The van der Waals surface area contributed by atoms with Gasteiger partial charge in [0.2, 0.25) is 15.9 Å². The second kappa shape index (κ2) is 5.36. The van der Waals surface area contributed by atoms with Gasteiger partial charge in [-0.25, -0.2) is 13.6 Å². The summed E-state index contributed by atoms with van der Waals surface area (Å²) in [7, 11) is -3.84. The molecule has 0 aromatic carbocycles. The molecule has 22 heavy (non-hydrogen) atoms. The molecule has 3 heterocycles. The lowest BCUT2D eigenvalue weighted by Gasteiger charge is -2.28. The lowest BCUT2D eigenvalue weighted by Crippen LogP contribution is -2.40. The largest absolute Gasteiger partial charge is 0.392 e. The van der Waals surface area contributed by atoms with Crippen molar-refractivity contribution in [3.8, 4) is 0 Å². The second-order valence-electron chi connectivity index (χ2n) is 5.50. The standard InChI is InChI=1S/C12H17N5O4S/c1-8-4-9(21-15-8)5-12(18)16-2-3-17-10(7-16)11(6-14-17)22(13,19)20/h6,9H,2-5,7H2,1H3,(H2,13,19,20). The highest BCUT2D eigenvalue weighted by Gasteiger charge is 2.30. The number of rotatable bonds is 3. The van der Waals surface area contributed by atoms with Gasteiger partial charge in [0, 0.05) is 13.0 Å². The maximum Gasteiger partial charge on any atom is 0.241 e. The van der Waals surface area contributed by atoms with Crippen LogP contribution < -0.4 is 5.14 Å². The van der Waals surface area contributed by atoms with Crippen LogP contribution in [0.15, 0.2) is 16.2 Å². The van der Waals surface area contributed by atoms with Crippen LogP contribution in [-0.4, -0.2) is 47.4 Å². The van der Waals surface area contributed by atoms with Crippen LogP contribution in [0.25, 0.3) is 0 Å². The van der Waals surface area contributed by atoms with E-state index in [4.69, 9.17) is 9.98 Å². The molecule has 120 valence electrons. The predicted octanol–water partition coefficient (Wildman–Crippen LogP) is -0.572. The number of hydrogen-bond donors (Lipinski definition) is 1. The van der Waals surface area contributed by atoms with Crippen LogP contribution in [0.1, 0.15) is 25.5 Å². The van der Waals surface area contributed by atoms with Crippen LogP contribution in [0.5, 0.6) is 0 Å². The summed E-state index contributed by atoms with van der Waals surface area (Å²) in [5.74, 6) is -0.0947. The first-order valence-electron chi connectivity index (χ1n) is 6.89. The molecule has 1 unspecified atom stereocenters. The summed E-state index contributed by atoms with van der Waals surface area (Å²) in [5, 5.41) is 13.0. The first-order chi connectivity index (χ1) is 10.3. The van der Waals surface area contributed by atoms with Crippen LogP contribution in [0, 0.1) is 0 Å². The molecule has 0 saturated heterocycles. The van der Waals surface area contributed by atoms with Gasteiger partial charge in [0.05, 0.1) is 37.1 Å². The van der Waals surface area contributed by atoms with Gasteiger partial charge in [-0.1, -0.05) is 5.16 Å². The van der Waals surface area contributed by atoms with Crippen molar-refractivity contribution in [1.29, 1.82) is 0 Å². The number of carbonyl (C=O) groups excluding carboxylic acids is 1. The number of primary sulfonamides is 1. The van der Waals surface area contributed by atoms with Gasteiger partial charge in [0.15, 0.2) is 0 Å². The van der Waals surface area contributed by atoms with Crippen molar-refractivity contribution in [1.82, 2.24) is 14.7 Å². The molecule has 2 aliphatic rings. The molecule has 1 amide bonds. The van der Waals surface area contributed by atoms with E-state index in [0.717, 1.165) is 5.71 Å². The molecule has 0 fully saturated rings. The van der Waals surface area contributed by atoms with Crippen molar-refractivity contribution in [3.05, 3.63) is 11.9 Å². The number of fused-ring (bicyclic) bond motifs is 1. The summed E-state index contributed by atoms with van der Waals surface area (Å²) in [6, 6.07) is 0. The van der Waals surface area contributed by atoms with Crippen molar-refractivity contribution in [2.24, 2.45) is 10.3 Å². The number of amides is 1. The minimum Gasteiger partial charge on any atom is -0.392 e. The average molecular weight is 327 g/mol. The summed E-state index contributed by atoms with van der Waals surface area (Å²) in [4.78, 5) is 19.1. The smallest absolute Gasteiger partial charge is 0.241 e. The third-order valence-corrected chi connectivity index (χ3v) is 4.73. The van der Waals surface area contributed by atoms with E-state index < -0.39 is 10.0 Å². The monoisotopic (exact) mass is 327 g/mol. The van der Waals surface area contributed by atoms with Crippen molar-refractivity contribution in [2.75, 3.05) is 6.54 Å². The van der Waals surface area contributed by atoms with E-state index in [2.05, 4.69) is 10.3 Å². The maximum atomic E-state index is 12.3. The Labute approximate surface area is 127 Å². The fraction of sp³-hybridized carbons (Fsp3) is 0.583. The van der Waals surface area contributed by atoms with Crippen LogP contribution >= 0.6 is 0 Å². The van der Waals surface area contributed by atoms with Crippen molar-refractivity contribution < 1.29 is 18.0 Å². The van der Waals surface area contributed by atoms with Gasteiger partial charge >= 0.3 is 0 Å². The Bertz CT molecular complexity index is 739. The Morgan fingerprint density at radius 2 is 2.27 bits per heavy atom. The molecule has 10 heteroatoms. The molecule has 3 rings (SSSR count). The Kier molecular flexibility index (Phi) is 3.65. The van der Waals surface area contributed by atoms with Gasteiger partial charge in [-0.2, -0.15) is 5.10 Å². The first kappa shape index (κ1) is 15.0. The van der Waals surface area contributed by atoms with E-state index in [-0.39, 0.29) is 29.9 Å². The van der Waals surface area contributed by atoms with Gasteiger partial charge in [-0.3, -0.25) is 9.48 Å². The van der Waals surface area contributed by atoms with E-state index >= 15 is 0 Å². The van der Waals surface area contributed by atoms with Gasteiger partial charge in [0.1, 0.15) is 11.0 Å². The van der Waals surface area contributed by atoms with Gasteiger partial charge in [0.25, 0.3) is 0 Å². The fourth-order valence-corrected chi connectivity index (χ4v) is 3.37. The van der Waals surface area contributed by atoms with E-state index in [0.29, 0.717) is 25.2 Å². The number of nitrogens with two attached hydrogens (primary N) is 1. The summed E-state index contributed by atoms with van der Waals surface area (Å²) in [6.45, 7) is 2.95. The summed E-state index contributed by atoms with van der Waals surface area (Å²) in [5.41, 5.74) is 1.31. The third kappa shape index (κ3) is 2.83. The topological polar surface area (TPSA) is 120 Å². The van der Waals surface area contributed by atoms with Crippen LogP contribution in [0.4, 0.5) is 0 Å². The molecule has 9 nitrogen and oxygen atoms in total. The molecule has 2 aliphatic heterocycles. The molecule has 0 saturated carbocycles. The van der Waals surface area contributed by atoms with E-state index in [1.807, 2.05) is 6.92 Å². The maximum absolute atomic E-state index is 12.3. The van der Waals surface area contributed by atoms with E-state index in [1.54, 1.807) is 9.58 Å². The highest BCUT2D eigenvalue weighted by atomic mass is 32.2. The Morgan fingerprint density at radius 1 is 1.50 bits per heavy atom. The zero-order valence-electron chi connectivity index (χ0n) is 12.1. The lowest BCUT2D eigenvalue weighted by molar-refractivity contribution is -0.135. The molecule has 1 aromatic rings. The van der Waals surface area contributed by atoms with Gasteiger partial charge < -0.3 is 9.74 Å². The number of hydrogen-bond acceptors (Lipinski definition) is 6. The Balaban J connectivity index is 1.71. The van der Waals surface area contributed by atoms with Crippen LogP contribution in [-0.2, 0) is 32.7 Å². The number of aromatic nitrogens is 2. The van der Waals surface area contributed by atoms with Gasteiger partial charge in [-0.05, 0) is 6.92 Å². The lowest BCUT2D eigenvalue weighted by atomic mass is 10.1. The summed E-state index contributed by atoms with van der Waals surface area (Å²) < 4.78 is 24.7. The highest BCUT2D eigenvalue weighted by Crippen LogP contribution is 2.22. The predicted molar refractivity (Wildman–Crippen MR) is 76.2 cm³/mol. The Hall–Kier alpha value is -1.94. The summed E-state index contributed by atoms with van der Waals surface area (Å²) in [6.07, 6.45) is 1.85. The van der Waals surface area contributed by atoms with Crippen molar-refractivity contribution >= 4 is 21.6 Å². The van der Waals surface area contributed by atoms with Crippen molar-refractivity contribution in [3.63, 3.8) is 0 Å². The number of nitrogens with zero attached hydrogens (tertiary/aromatic N) is 4. The zero-order valence-corrected chi connectivity index (χ0v) is 12.9. The molecule has 0 radical (unpaired) electrons. The molecular formula is C12H17N5O4S. The Morgan fingerprint density at radius 3 is 2.91 bits per heavy atom. The normalized spacial score (nSPS) is 21.3. The van der Waals surface area contributed by atoms with E-state index in [1.165, 1.54) is 6.20 Å². The number of oxime groups is 1. The van der Waals surface area contributed by atoms with Crippen molar-refractivity contribution in [2.45, 2.75) is 43.9 Å². The minimum atomic E-state index is -3.84. The van der Waals surface area contributed by atoms with E-state index in [9.17, 15) is 13.2 Å². The molecule has 2 N–H and O–H groups in total. The van der Waals surface area contributed by atoms with Crippen LogP contribution in [0.3, 0.4) is 0 Å². The average Bonchev–Trinajstić information content (AvgIpc) is 3.03. The number of sulfonamides is 1. The second-order valence-corrected chi connectivity index (χ2v) is 7.03. The molecule has 0 aliphatic carbocycles. The fourth-order valence-electron chi connectivity index (χ4n) is 2.67. The highest BCUT2D eigenvalue weighted by molar-refractivity contribution is 7.89. The van der Waals surface area contributed by atoms with Crippen LogP contribution in [0.2, 0.25) is 0 Å². The molecule has 1 atom stereocenters. The number of carbonyl (C=O) groups is 1. The first-order valence-corrected chi connectivity index (χ1v) is 8.44. The zero-order chi connectivity index (χ0) is 15.9. The molecular weight excluding hydrogens is 310 g/mol. The molecule has 0 spiro atoms. The summed E-state index contributed by atoms with van der Waals surface area (Å²) >= 11 is 0. The third-order valence-electron chi connectivity index (χ3n) is 3.77. The molecule has 0 bridgehead atoms. The molecule has 1 aromatic heterocycles. The van der Waals surface area contributed by atoms with Gasteiger partial charge in [-0.15, -0.1) is 0 Å². The SMILES string of the molecule is CC1=NOC(CC(=O)N2CCn3ncc(S(N)(=O)=O)c3C2)C1. The minimum absolute atomic E-state index is 0.0266.